The van der Waals surface area contributed by atoms with Gasteiger partial charge in [-0.3, -0.25) is 0 Å². The Morgan fingerprint density at radius 1 is 1.09 bits per heavy atom. The zero-order valence-electron chi connectivity index (χ0n) is 19.8. The zero-order chi connectivity index (χ0) is 22.8. The highest BCUT2D eigenvalue weighted by Crippen LogP contribution is 2.36. The molecule has 168 valence electrons. The van der Waals surface area contributed by atoms with Gasteiger partial charge >= 0.3 is 0 Å². The van der Waals surface area contributed by atoms with Crippen LogP contribution in [0.15, 0.2) is 18.5 Å². The predicted octanol–water partition coefficient (Wildman–Crippen LogP) is 4.16. The van der Waals surface area contributed by atoms with Crippen molar-refractivity contribution in [2.75, 3.05) is 11.9 Å². The van der Waals surface area contributed by atoms with Crippen LogP contribution in [0.1, 0.15) is 51.8 Å². The van der Waals surface area contributed by atoms with E-state index in [2.05, 4.69) is 60.0 Å². The van der Waals surface area contributed by atoms with Gasteiger partial charge < -0.3 is 10.2 Å². The van der Waals surface area contributed by atoms with Crippen LogP contribution in [0.3, 0.4) is 0 Å². The summed E-state index contributed by atoms with van der Waals surface area (Å²) in [6.45, 7) is 13.1. The van der Waals surface area contributed by atoms with Crippen LogP contribution in [0.2, 0.25) is 0 Å². The SMILES string of the molecule is Cc1cn2nc(-c3ncc4nc(N(C)C5CC(C)(C)NC(C)(C)C5)sc4n3)cc(C)c2n1. The quantitative estimate of drug-likeness (QED) is 0.502. The van der Waals surface area contributed by atoms with Crippen LogP contribution in [0.5, 0.6) is 0 Å². The van der Waals surface area contributed by atoms with Crippen LogP contribution in [0.25, 0.3) is 27.5 Å². The minimum Gasteiger partial charge on any atom is -0.348 e. The van der Waals surface area contributed by atoms with E-state index in [1.807, 2.05) is 32.3 Å². The molecule has 0 aromatic carbocycles. The van der Waals surface area contributed by atoms with Crippen molar-refractivity contribution in [1.29, 1.82) is 0 Å². The molecule has 9 heteroatoms. The Kier molecular flexibility index (Phi) is 4.76. The third kappa shape index (κ3) is 3.84. The largest absolute Gasteiger partial charge is 0.348 e. The van der Waals surface area contributed by atoms with Crippen molar-refractivity contribution < 1.29 is 0 Å². The van der Waals surface area contributed by atoms with Crippen LogP contribution >= 0.6 is 11.3 Å². The number of nitrogens with zero attached hydrogens (tertiary/aromatic N) is 7. The number of thiazole rings is 1. The van der Waals surface area contributed by atoms with Crippen LogP contribution in [0.4, 0.5) is 5.13 Å². The number of anilines is 1. The van der Waals surface area contributed by atoms with E-state index < -0.39 is 0 Å². The molecular weight excluding hydrogens is 420 g/mol. The predicted molar refractivity (Wildman–Crippen MR) is 129 cm³/mol. The maximum atomic E-state index is 4.85. The molecule has 0 bridgehead atoms. The van der Waals surface area contributed by atoms with Gasteiger partial charge in [-0.15, -0.1) is 0 Å². The fourth-order valence-corrected chi connectivity index (χ4v) is 6.00. The lowest BCUT2D eigenvalue weighted by atomic mass is 9.79. The van der Waals surface area contributed by atoms with Gasteiger partial charge in [-0.2, -0.15) is 5.10 Å². The molecule has 0 saturated carbocycles. The van der Waals surface area contributed by atoms with Gasteiger partial charge in [0, 0.05) is 24.2 Å². The topological polar surface area (TPSA) is 84.1 Å². The maximum Gasteiger partial charge on any atom is 0.187 e. The number of rotatable bonds is 3. The molecular formula is C23H30N8S. The van der Waals surface area contributed by atoms with Gasteiger partial charge in [-0.05, 0) is 66.0 Å². The lowest BCUT2D eigenvalue weighted by Crippen LogP contribution is -2.61. The number of aryl methyl sites for hydroxylation is 2. The normalized spacial score (nSPS) is 18.5. The summed E-state index contributed by atoms with van der Waals surface area (Å²) < 4.78 is 1.81. The Bertz CT molecular complexity index is 1300. The summed E-state index contributed by atoms with van der Waals surface area (Å²) in [6, 6.07) is 2.40. The molecule has 1 N–H and O–H groups in total. The van der Waals surface area contributed by atoms with E-state index in [-0.39, 0.29) is 11.1 Å². The molecule has 1 aliphatic rings. The second-order valence-electron chi connectivity index (χ2n) is 10.3. The van der Waals surface area contributed by atoms with E-state index in [1.54, 1.807) is 15.9 Å². The fraction of sp³-hybridized carbons (Fsp3) is 0.522. The van der Waals surface area contributed by atoms with Gasteiger partial charge in [0.15, 0.2) is 16.6 Å². The second-order valence-corrected chi connectivity index (χ2v) is 11.3. The number of hydrogen-bond acceptors (Lipinski definition) is 8. The molecule has 1 aliphatic heterocycles. The molecule has 0 radical (unpaired) electrons. The van der Waals surface area contributed by atoms with Gasteiger partial charge in [-0.25, -0.2) is 24.5 Å². The molecule has 1 saturated heterocycles. The Morgan fingerprint density at radius 3 is 2.53 bits per heavy atom. The van der Waals surface area contributed by atoms with Crippen molar-refractivity contribution in [3.05, 3.63) is 29.7 Å². The van der Waals surface area contributed by atoms with E-state index in [4.69, 9.17) is 9.97 Å². The Morgan fingerprint density at radius 2 is 1.81 bits per heavy atom. The zero-order valence-corrected chi connectivity index (χ0v) is 20.6. The Hall–Kier alpha value is -2.65. The van der Waals surface area contributed by atoms with Crippen LogP contribution < -0.4 is 10.2 Å². The highest BCUT2D eigenvalue weighted by Gasteiger charge is 2.39. The number of imidazole rings is 1. The highest BCUT2D eigenvalue weighted by molar-refractivity contribution is 7.21. The lowest BCUT2D eigenvalue weighted by molar-refractivity contribution is 0.161. The minimum atomic E-state index is 0.0815. The average Bonchev–Trinajstić information content (AvgIpc) is 3.27. The molecule has 8 nitrogen and oxygen atoms in total. The first-order chi connectivity index (χ1) is 15.0. The Balaban J connectivity index is 1.48. The summed E-state index contributed by atoms with van der Waals surface area (Å²) in [5, 5.41) is 9.42. The summed E-state index contributed by atoms with van der Waals surface area (Å²) in [4.78, 5) is 22.0. The summed E-state index contributed by atoms with van der Waals surface area (Å²) >= 11 is 1.62. The monoisotopic (exact) mass is 450 g/mol. The van der Waals surface area contributed by atoms with Gasteiger partial charge in [0.1, 0.15) is 16.0 Å². The first-order valence-corrected chi connectivity index (χ1v) is 11.8. The lowest BCUT2D eigenvalue weighted by Gasteiger charge is -2.48. The minimum absolute atomic E-state index is 0.0815. The van der Waals surface area contributed by atoms with Gasteiger partial charge in [-0.1, -0.05) is 11.3 Å². The first-order valence-electron chi connectivity index (χ1n) is 11.0. The number of fused-ring (bicyclic) bond motifs is 2. The van der Waals surface area contributed by atoms with Crippen molar-refractivity contribution in [2.45, 2.75) is 71.5 Å². The van der Waals surface area contributed by atoms with Gasteiger partial charge in [0.25, 0.3) is 0 Å². The maximum absolute atomic E-state index is 4.85. The van der Waals surface area contributed by atoms with Crippen molar-refractivity contribution in [1.82, 2.24) is 34.9 Å². The standard InChI is InChI=1S/C23H30N8S/c1-13-8-16(28-31-12-14(2)25-19(13)31)18-24-11-17-20(27-18)32-21(26-17)30(7)15-9-22(3,4)29-23(5,6)10-15/h8,11-12,15,29H,9-10H2,1-7H3. The van der Waals surface area contributed by atoms with Gasteiger partial charge in [0.2, 0.25) is 0 Å². The molecule has 5 rings (SSSR count). The third-order valence-electron chi connectivity index (χ3n) is 6.12. The van der Waals surface area contributed by atoms with Crippen LogP contribution in [0, 0.1) is 13.8 Å². The van der Waals surface area contributed by atoms with E-state index in [0.717, 1.165) is 50.9 Å². The van der Waals surface area contributed by atoms with Gasteiger partial charge in [0.05, 0.1) is 18.1 Å². The van der Waals surface area contributed by atoms with Crippen molar-refractivity contribution >= 4 is 32.5 Å². The number of aromatic nitrogens is 6. The summed E-state index contributed by atoms with van der Waals surface area (Å²) in [7, 11) is 2.15. The summed E-state index contributed by atoms with van der Waals surface area (Å²) in [5.74, 6) is 0.607. The molecule has 0 amide bonds. The Labute approximate surface area is 192 Å². The molecule has 1 fully saturated rings. The van der Waals surface area contributed by atoms with E-state index in [1.165, 1.54) is 0 Å². The van der Waals surface area contributed by atoms with Crippen molar-refractivity contribution in [3.8, 4) is 11.5 Å². The molecule has 0 aliphatic carbocycles. The van der Waals surface area contributed by atoms with Crippen LogP contribution in [-0.4, -0.2) is 53.7 Å². The molecule has 5 heterocycles. The number of nitrogens with one attached hydrogen (secondary N) is 1. The average molecular weight is 451 g/mol. The number of hydrogen-bond donors (Lipinski definition) is 1. The molecule has 0 atom stereocenters. The smallest absolute Gasteiger partial charge is 0.187 e. The molecule has 0 spiro atoms. The molecule has 4 aromatic rings. The molecule has 4 aromatic heterocycles. The summed E-state index contributed by atoms with van der Waals surface area (Å²) in [6.07, 6.45) is 5.86. The van der Waals surface area contributed by atoms with E-state index in [0.29, 0.717) is 11.9 Å². The van der Waals surface area contributed by atoms with Crippen molar-refractivity contribution in [2.24, 2.45) is 0 Å². The number of piperidine rings is 1. The van der Waals surface area contributed by atoms with Crippen molar-refractivity contribution in [3.63, 3.8) is 0 Å². The second kappa shape index (κ2) is 7.18. The summed E-state index contributed by atoms with van der Waals surface area (Å²) in [5.41, 5.74) is 4.57. The fourth-order valence-electron chi connectivity index (χ4n) is 5.05. The van der Waals surface area contributed by atoms with Crippen LogP contribution in [-0.2, 0) is 0 Å². The molecule has 32 heavy (non-hydrogen) atoms. The van der Waals surface area contributed by atoms with E-state index in [9.17, 15) is 0 Å². The van der Waals surface area contributed by atoms with E-state index >= 15 is 0 Å². The first kappa shape index (κ1) is 21.2. The third-order valence-corrected chi connectivity index (χ3v) is 7.17. The highest BCUT2D eigenvalue weighted by atomic mass is 32.1. The molecule has 0 unspecified atom stereocenters.